The zero-order valence-electron chi connectivity index (χ0n) is 22.3. The van der Waals surface area contributed by atoms with Gasteiger partial charge in [0.05, 0.1) is 24.9 Å². The molecule has 1 aliphatic rings. The molecule has 0 spiro atoms. The van der Waals surface area contributed by atoms with Crippen LogP contribution in [0.3, 0.4) is 0 Å². The summed E-state index contributed by atoms with van der Waals surface area (Å²) in [6, 6.07) is 6.71. The number of carbonyl (C=O) groups excluding carboxylic acids is 2. The standard InChI is InChI=1S/C27H35F3N4O4/c1-6-7-14-37-24(35)19(2)15-32(25(36)38-26(3,4)5)16-20-17-33(23-12-13-31-34(23)18-20)22-10-8-21(9-11-22)27(28,29)30/h8-13,20H,2,6-7,14-18H2,1,3-5H3. The van der Waals surface area contributed by atoms with Crippen molar-refractivity contribution in [2.24, 2.45) is 5.92 Å². The summed E-state index contributed by atoms with van der Waals surface area (Å²) in [7, 11) is 0. The number of nitrogens with zero attached hydrogens (tertiary/aromatic N) is 4. The van der Waals surface area contributed by atoms with E-state index in [0.29, 0.717) is 18.8 Å². The van der Waals surface area contributed by atoms with E-state index in [4.69, 9.17) is 9.47 Å². The fraction of sp³-hybridized carbons (Fsp3) is 0.519. The largest absolute Gasteiger partial charge is 0.462 e. The lowest BCUT2D eigenvalue weighted by Crippen LogP contribution is -2.46. The van der Waals surface area contributed by atoms with Gasteiger partial charge in [-0.25, -0.2) is 14.3 Å². The molecule has 1 aromatic carbocycles. The normalized spacial score (nSPS) is 15.6. The fourth-order valence-corrected chi connectivity index (χ4v) is 4.08. The average Bonchev–Trinajstić information content (AvgIpc) is 3.30. The predicted molar refractivity (Wildman–Crippen MR) is 137 cm³/mol. The number of anilines is 2. The van der Waals surface area contributed by atoms with E-state index in [1.807, 2.05) is 11.8 Å². The maximum Gasteiger partial charge on any atom is 0.416 e. The van der Waals surface area contributed by atoms with Crippen molar-refractivity contribution in [2.45, 2.75) is 58.9 Å². The van der Waals surface area contributed by atoms with Crippen LogP contribution in [0, 0.1) is 5.92 Å². The summed E-state index contributed by atoms with van der Waals surface area (Å²) in [5, 5.41) is 4.35. The van der Waals surface area contributed by atoms with Crippen LogP contribution in [0.25, 0.3) is 0 Å². The topological polar surface area (TPSA) is 76.9 Å². The van der Waals surface area contributed by atoms with Crippen LogP contribution in [0.5, 0.6) is 0 Å². The zero-order valence-corrected chi connectivity index (χ0v) is 22.3. The molecule has 8 nitrogen and oxygen atoms in total. The van der Waals surface area contributed by atoms with Gasteiger partial charge in [0, 0.05) is 42.9 Å². The van der Waals surface area contributed by atoms with Gasteiger partial charge in [0.2, 0.25) is 0 Å². The van der Waals surface area contributed by atoms with Crippen LogP contribution in [0.4, 0.5) is 29.5 Å². The molecule has 1 aromatic heterocycles. The molecule has 2 heterocycles. The molecule has 1 atom stereocenters. The fourth-order valence-electron chi connectivity index (χ4n) is 4.08. The number of ether oxygens (including phenoxy) is 2. The van der Waals surface area contributed by atoms with Gasteiger partial charge in [-0.05, 0) is 51.5 Å². The number of fused-ring (bicyclic) bond motifs is 1. The van der Waals surface area contributed by atoms with Crippen LogP contribution in [-0.2, 0) is 27.0 Å². The SMILES string of the molecule is C=C(CN(CC1CN(c2ccc(C(F)(F)F)cc2)c2ccnn2C1)C(=O)OC(C)(C)C)C(=O)OCCCC. The highest BCUT2D eigenvalue weighted by Gasteiger charge is 2.33. The first-order valence-electron chi connectivity index (χ1n) is 12.6. The molecule has 0 fully saturated rings. The van der Waals surface area contributed by atoms with Gasteiger partial charge in [-0.3, -0.25) is 0 Å². The minimum atomic E-state index is -4.43. The Balaban J connectivity index is 1.80. The average molecular weight is 537 g/mol. The Morgan fingerprint density at radius 2 is 1.82 bits per heavy atom. The number of carbonyl (C=O) groups is 2. The van der Waals surface area contributed by atoms with Crippen molar-refractivity contribution < 1.29 is 32.2 Å². The molecule has 2 aromatic rings. The summed E-state index contributed by atoms with van der Waals surface area (Å²) in [4.78, 5) is 28.8. The minimum absolute atomic E-state index is 0.0807. The molecule has 208 valence electrons. The van der Waals surface area contributed by atoms with Gasteiger partial charge in [0.1, 0.15) is 11.4 Å². The lowest BCUT2D eigenvalue weighted by molar-refractivity contribution is -0.139. The lowest BCUT2D eigenvalue weighted by Gasteiger charge is -2.37. The molecular weight excluding hydrogens is 501 g/mol. The summed E-state index contributed by atoms with van der Waals surface area (Å²) in [5.41, 5.74) is -0.796. The number of rotatable bonds is 9. The molecule has 0 N–H and O–H groups in total. The number of aromatic nitrogens is 2. The highest BCUT2D eigenvalue weighted by molar-refractivity contribution is 5.89. The summed E-state index contributed by atoms with van der Waals surface area (Å²) >= 11 is 0. The van der Waals surface area contributed by atoms with E-state index in [-0.39, 0.29) is 31.2 Å². The third-order valence-corrected chi connectivity index (χ3v) is 5.88. The van der Waals surface area contributed by atoms with E-state index in [9.17, 15) is 22.8 Å². The van der Waals surface area contributed by atoms with Gasteiger partial charge in [-0.1, -0.05) is 19.9 Å². The maximum absolute atomic E-state index is 13.1. The molecule has 0 saturated heterocycles. The van der Waals surface area contributed by atoms with E-state index in [2.05, 4.69) is 11.7 Å². The van der Waals surface area contributed by atoms with Gasteiger partial charge in [-0.2, -0.15) is 18.3 Å². The van der Waals surface area contributed by atoms with Gasteiger partial charge >= 0.3 is 18.2 Å². The minimum Gasteiger partial charge on any atom is -0.462 e. The second-order valence-corrected chi connectivity index (χ2v) is 10.3. The maximum atomic E-state index is 13.1. The molecule has 0 radical (unpaired) electrons. The summed E-state index contributed by atoms with van der Waals surface area (Å²) in [6.07, 6.45) is -1.82. The number of benzene rings is 1. The Morgan fingerprint density at radius 1 is 1.13 bits per heavy atom. The number of halogens is 3. The van der Waals surface area contributed by atoms with E-state index >= 15 is 0 Å². The van der Waals surface area contributed by atoms with Gasteiger partial charge in [0.25, 0.3) is 0 Å². The molecule has 1 amide bonds. The first-order valence-corrected chi connectivity index (χ1v) is 12.6. The van der Waals surface area contributed by atoms with Crippen molar-refractivity contribution in [1.82, 2.24) is 14.7 Å². The van der Waals surface area contributed by atoms with E-state index in [1.165, 1.54) is 17.0 Å². The van der Waals surface area contributed by atoms with Crippen LogP contribution in [-0.4, -0.2) is 58.6 Å². The first kappa shape index (κ1) is 29.1. The van der Waals surface area contributed by atoms with Gasteiger partial charge in [-0.15, -0.1) is 0 Å². The second-order valence-electron chi connectivity index (χ2n) is 10.3. The summed E-state index contributed by atoms with van der Waals surface area (Å²) in [6.45, 7) is 12.3. The Morgan fingerprint density at radius 3 is 2.42 bits per heavy atom. The lowest BCUT2D eigenvalue weighted by atomic mass is 10.0. The van der Waals surface area contributed by atoms with Crippen LogP contribution in [0.2, 0.25) is 0 Å². The first-order chi connectivity index (χ1) is 17.8. The highest BCUT2D eigenvalue weighted by atomic mass is 19.4. The van der Waals surface area contributed by atoms with Crippen molar-refractivity contribution in [3.05, 3.63) is 54.2 Å². The zero-order chi connectivity index (χ0) is 28.1. The van der Waals surface area contributed by atoms with Crippen LogP contribution < -0.4 is 4.90 Å². The number of hydrogen-bond acceptors (Lipinski definition) is 6. The number of alkyl halides is 3. The Hall–Kier alpha value is -3.50. The Labute approximate surface area is 221 Å². The van der Waals surface area contributed by atoms with Crippen molar-refractivity contribution in [2.75, 3.05) is 31.1 Å². The van der Waals surface area contributed by atoms with Crippen molar-refractivity contribution in [1.29, 1.82) is 0 Å². The van der Waals surface area contributed by atoms with Crippen LogP contribution in [0.15, 0.2) is 48.7 Å². The number of amides is 1. The highest BCUT2D eigenvalue weighted by Crippen LogP contribution is 2.34. The van der Waals surface area contributed by atoms with E-state index in [1.54, 1.807) is 37.7 Å². The van der Waals surface area contributed by atoms with E-state index in [0.717, 1.165) is 30.8 Å². The molecular formula is C27H35F3N4O4. The summed E-state index contributed by atoms with van der Waals surface area (Å²) in [5.74, 6) is -0.0220. The molecule has 3 rings (SSSR count). The molecule has 1 aliphatic heterocycles. The van der Waals surface area contributed by atoms with Gasteiger partial charge in [0.15, 0.2) is 0 Å². The van der Waals surface area contributed by atoms with Gasteiger partial charge < -0.3 is 19.3 Å². The predicted octanol–water partition coefficient (Wildman–Crippen LogP) is 5.81. The molecule has 38 heavy (non-hydrogen) atoms. The second kappa shape index (κ2) is 11.9. The number of hydrogen-bond donors (Lipinski definition) is 0. The molecule has 0 saturated carbocycles. The van der Waals surface area contributed by atoms with Crippen LogP contribution >= 0.6 is 0 Å². The number of esters is 1. The third-order valence-electron chi connectivity index (χ3n) is 5.88. The molecule has 1 unspecified atom stereocenters. The van der Waals surface area contributed by atoms with Crippen molar-refractivity contribution in [3.8, 4) is 0 Å². The quantitative estimate of drug-likeness (QED) is 0.229. The Bertz CT molecular complexity index is 1120. The van der Waals surface area contributed by atoms with Crippen LogP contribution in [0.1, 0.15) is 46.1 Å². The van der Waals surface area contributed by atoms with Crippen molar-refractivity contribution in [3.63, 3.8) is 0 Å². The smallest absolute Gasteiger partial charge is 0.416 e. The number of unbranched alkanes of at least 4 members (excludes halogenated alkanes) is 1. The van der Waals surface area contributed by atoms with Crippen molar-refractivity contribution >= 4 is 23.6 Å². The third kappa shape index (κ3) is 7.75. The Kier molecular flexibility index (Phi) is 9.11. The molecule has 0 bridgehead atoms. The molecule has 0 aliphatic carbocycles. The van der Waals surface area contributed by atoms with E-state index < -0.39 is 29.4 Å². The molecule has 11 heteroatoms. The summed E-state index contributed by atoms with van der Waals surface area (Å²) < 4.78 is 51.8. The monoisotopic (exact) mass is 536 g/mol.